The SMILES string of the molecule is C=C/C=C\N(C)C1CC=C(c2ccc(NC)nn2)c2cnn(SF)c21. The average molecular weight is 358 g/mol. The third-order valence-electron chi connectivity index (χ3n) is 4.14. The van der Waals surface area contributed by atoms with Crippen molar-refractivity contribution in [2.24, 2.45) is 0 Å². The van der Waals surface area contributed by atoms with Gasteiger partial charge in [0.25, 0.3) is 0 Å². The van der Waals surface area contributed by atoms with Gasteiger partial charge in [-0.15, -0.1) is 14.1 Å². The molecule has 0 radical (unpaired) electrons. The summed E-state index contributed by atoms with van der Waals surface area (Å²) in [6.07, 6.45) is 9.97. The highest BCUT2D eigenvalue weighted by molar-refractivity contribution is 7.92. The highest BCUT2D eigenvalue weighted by Crippen LogP contribution is 2.40. The third-order valence-corrected chi connectivity index (χ3v) is 4.56. The Hall–Kier alpha value is -2.61. The summed E-state index contributed by atoms with van der Waals surface area (Å²) in [6.45, 7) is 3.68. The van der Waals surface area contributed by atoms with Gasteiger partial charge in [0.2, 0.25) is 0 Å². The van der Waals surface area contributed by atoms with Crippen molar-refractivity contribution in [1.82, 2.24) is 24.3 Å². The van der Waals surface area contributed by atoms with Crippen LogP contribution in [0.5, 0.6) is 0 Å². The Morgan fingerprint density at radius 3 is 2.92 bits per heavy atom. The third kappa shape index (κ3) is 3.30. The first-order chi connectivity index (χ1) is 12.2. The number of hydrogen-bond donors (Lipinski definition) is 1. The Bertz CT molecular complexity index is 811. The molecule has 130 valence electrons. The van der Waals surface area contributed by atoms with Gasteiger partial charge < -0.3 is 10.2 Å². The molecule has 1 aliphatic carbocycles. The number of fused-ring (bicyclic) bond motifs is 1. The maximum atomic E-state index is 13.4. The van der Waals surface area contributed by atoms with Gasteiger partial charge in [0.05, 0.1) is 23.6 Å². The van der Waals surface area contributed by atoms with Crippen LogP contribution in [0.4, 0.5) is 9.70 Å². The van der Waals surface area contributed by atoms with E-state index < -0.39 is 0 Å². The van der Waals surface area contributed by atoms with E-state index in [9.17, 15) is 3.89 Å². The second kappa shape index (κ2) is 7.52. The molecule has 6 nitrogen and oxygen atoms in total. The minimum atomic E-state index is -0.0229. The van der Waals surface area contributed by atoms with Crippen LogP contribution in [0.15, 0.2) is 49.3 Å². The fourth-order valence-electron chi connectivity index (χ4n) is 2.87. The van der Waals surface area contributed by atoms with Crippen LogP contribution in [0.2, 0.25) is 0 Å². The molecule has 0 saturated heterocycles. The highest BCUT2D eigenvalue weighted by atomic mass is 32.2. The van der Waals surface area contributed by atoms with Crippen molar-refractivity contribution in [3.63, 3.8) is 0 Å². The smallest absolute Gasteiger partial charge is 0.187 e. The van der Waals surface area contributed by atoms with E-state index in [-0.39, 0.29) is 18.4 Å². The number of aromatic nitrogens is 4. The lowest BCUT2D eigenvalue weighted by molar-refractivity contribution is 0.327. The second-order valence-electron chi connectivity index (χ2n) is 5.55. The normalized spacial score (nSPS) is 16.4. The molecule has 1 atom stereocenters. The summed E-state index contributed by atoms with van der Waals surface area (Å²) >= 11 is 0.0998. The molecule has 0 aromatic carbocycles. The van der Waals surface area contributed by atoms with Crippen LogP contribution < -0.4 is 5.32 Å². The van der Waals surface area contributed by atoms with Crippen LogP contribution in [0.3, 0.4) is 0 Å². The van der Waals surface area contributed by atoms with Crippen molar-refractivity contribution in [1.29, 1.82) is 0 Å². The molecule has 8 heteroatoms. The quantitative estimate of drug-likeness (QED) is 0.796. The van der Waals surface area contributed by atoms with Gasteiger partial charge in [-0.3, -0.25) is 0 Å². The Morgan fingerprint density at radius 1 is 1.44 bits per heavy atom. The standard InChI is InChI=1S/C17H19FN6S/c1-4-5-10-23(3)15-8-6-12(13-11-20-24(25-18)17(13)15)14-7-9-16(19-2)22-21-14/h4-7,9-11,15H,1,8H2,2-3H3,(H,19,22)/b10-5-. The molecular weight excluding hydrogens is 339 g/mol. The Balaban J connectivity index is 2.01. The average Bonchev–Trinajstić information content (AvgIpc) is 3.09. The van der Waals surface area contributed by atoms with Gasteiger partial charge in [-0.05, 0) is 30.8 Å². The minimum absolute atomic E-state index is 0.0229. The van der Waals surface area contributed by atoms with E-state index in [1.165, 1.54) is 4.09 Å². The maximum absolute atomic E-state index is 13.4. The number of nitrogens with one attached hydrogen (secondary N) is 1. The number of allylic oxidation sites excluding steroid dienone is 2. The lowest BCUT2D eigenvalue weighted by Gasteiger charge is -2.30. The lowest BCUT2D eigenvalue weighted by Crippen LogP contribution is -2.23. The van der Waals surface area contributed by atoms with E-state index in [0.717, 1.165) is 22.5 Å². The summed E-state index contributed by atoms with van der Waals surface area (Å²) < 4.78 is 14.7. The van der Waals surface area contributed by atoms with Gasteiger partial charge in [0.1, 0.15) is 5.82 Å². The molecule has 1 aliphatic rings. The molecule has 0 aliphatic heterocycles. The van der Waals surface area contributed by atoms with Crippen molar-refractivity contribution in [3.8, 4) is 0 Å². The van der Waals surface area contributed by atoms with E-state index in [2.05, 4.69) is 33.3 Å². The van der Waals surface area contributed by atoms with Gasteiger partial charge >= 0.3 is 0 Å². The maximum Gasteiger partial charge on any atom is 0.187 e. The Morgan fingerprint density at radius 2 is 2.28 bits per heavy atom. The molecule has 1 N–H and O–H groups in total. The predicted octanol–water partition coefficient (Wildman–Crippen LogP) is 3.60. The number of rotatable bonds is 6. The first kappa shape index (κ1) is 17.2. The fraction of sp³-hybridized carbons (Fsp3) is 0.235. The molecule has 0 bridgehead atoms. The topological polar surface area (TPSA) is 58.9 Å². The van der Waals surface area contributed by atoms with Gasteiger partial charge in [-0.1, -0.05) is 18.7 Å². The number of hydrogen-bond acceptors (Lipinski definition) is 6. The van der Waals surface area contributed by atoms with Crippen molar-refractivity contribution >= 4 is 23.7 Å². The van der Waals surface area contributed by atoms with E-state index in [1.807, 2.05) is 36.4 Å². The number of nitrogens with zero attached hydrogens (tertiary/aromatic N) is 5. The van der Waals surface area contributed by atoms with Crippen LogP contribution in [0, 0.1) is 0 Å². The van der Waals surface area contributed by atoms with Gasteiger partial charge in [-0.2, -0.15) is 9.19 Å². The molecule has 1 unspecified atom stereocenters. The van der Waals surface area contributed by atoms with Gasteiger partial charge in [0, 0.05) is 25.2 Å². The van der Waals surface area contributed by atoms with Crippen LogP contribution in [-0.2, 0) is 0 Å². The molecular formula is C17H19FN6S. The summed E-state index contributed by atoms with van der Waals surface area (Å²) in [7, 11) is 3.75. The van der Waals surface area contributed by atoms with Crippen LogP contribution in [0.1, 0.15) is 29.4 Å². The zero-order chi connectivity index (χ0) is 17.8. The largest absolute Gasteiger partial charge is 0.372 e. The molecule has 0 spiro atoms. The first-order valence-corrected chi connectivity index (χ1v) is 8.47. The van der Waals surface area contributed by atoms with E-state index in [0.29, 0.717) is 12.2 Å². The highest BCUT2D eigenvalue weighted by Gasteiger charge is 2.30. The predicted molar refractivity (Wildman–Crippen MR) is 99.4 cm³/mol. The van der Waals surface area contributed by atoms with E-state index in [1.54, 1.807) is 19.3 Å². The van der Waals surface area contributed by atoms with Gasteiger partial charge in [-0.25, -0.2) is 0 Å². The van der Waals surface area contributed by atoms with Crippen LogP contribution >= 0.6 is 12.3 Å². The molecule has 2 aromatic rings. The van der Waals surface area contributed by atoms with Crippen LogP contribution in [-0.4, -0.2) is 38.4 Å². The summed E-state index contributed by atoms with van der Waals surface area (Å²) in [5.74, 6) is 0.697. The molecule has 0 saturated carbocycles. The summed E-state index contributed by atoms with van der Waals surface area (Å²) in [6, 6.07) is 3.74. The van der Waals surface area contributed by atoms with Crippen LogP contribution in [0.25, 0.3) is 5.57 Å². The first-order valence-electron chi connectivity index (χ1n) is 7.80. The zero-order valence-corrected chi connectivity index (χ0v) is 14.9. The van der Waals surface area contributed by atoms with Gasteiger partial charge in [0.15, 0.2) is 12.3 Å². The molecule has 2 heterocycles. The zero-order valence-electron chi connectivity index (χ0n) is 14.1. The van der Waals surface area contributed by atoms with E-state index in [4.69, 9.17) is 0 Å². The monoisotopic (exact) mass is 358 g/mol. The van der Waals surface area contributed by atoms with Crippen molar-refractivity contribution in [2.45, 2.75) is 12.5 Å². The summed E-state index contributed by atoms with van der Waals surface area (Å²) in [5.41, 5.74) is 3.33. The minimum Gasteiger partial charge on any atom is -0.372 e. The fourth-order valence-corrected chi connectivity index (χ4v) is 3.25. The number of anilines is 1. The molecule has 0 fully saturated rings. The summed E-state index contributed by atoms with van der Waals surface area (Å²) in [4.78, 5) is 2.03. The molecule has 3 rings (SSSR count). The molecule has 25 heavy (non-hydrogen) atoms. The number of halogens is 1. The second-order valence-corrected chi connectivity index (χ2v) is 6.04. The molecule has 0 amide bonds. The lowest BCUT2D eigenvalue weighted by atomic mass is 9.90. The molecule has 2 aromatic heterocycles. The van der Waals surface area contributed by atoms with E-state index >= 15 is 0 Å². The van der Waals surface area contributed by atoms with Crippen molar-refractivity contribution in [2.75, 3.05) is 19.4 Å². The van der Waals surface area contributed by atoms with Crippen molar-refractivity contribution in [3.05, 3.63) is 66.3 Å². The Kier molecular flexibility index (Phi) is 5.18. The van der Waals surface area contributed by atoms with Crippen molar-refractivity contribution < 1.29 is 3.89 Å². The Labute approximate surface area is 150 Å². The summed E-state index contributed by atoms with van der Waals surface area (Å²) in [5, 5.41) is 15.5.